The molecule has 1 aromatic heterocycles. The molecule has 0 spiro atoms. The maximum absolute atomic E-state index is 13.8. The first-order chi connectivity index (χ1) is 17.9. The van der Waals surface area contributed by atoms with E-state index in [-0.39, 0.29) is 17.7 Å². The summed E-state index contributed by atoms with van der Waals surface area (Å²) in [4.78, 5) is 32.1. The molecule has 0 saturated carbocycles. The number of nitrogens with zero attached hydrogens (tertiary/aromatic N) is 2. The first-order valence-electron chi connectivity index (χ1n) is 11.5. The second kappa shape index (κ2) is 10.9. The Hall–Kier alpha value is -4.05. The molecule has 1 aliphatic rings. The van der Waals surface area contributed by atoms with E-state index in [1.807, 2.05) is 6.07 Å². The minimum Gasteiger partial charge on any atom is -0.497 e. The van der Waals surface area contributed by atoms with Gasteiger partial charge in [0, 0.05) is 5.56 Å². The number of ether oxygens (including phenoxy) is 5. The molecule has 0 aliphatic carbocycles. The van der Waals surface area contributed by atoms with Gasteiger partial charge in [-0.3, -0.25) is 9.36 Å². The Kier molecular flexibility index (Phi) is 7.68. The van der Waals surface area contributed by atoms with Gasteiger partial charge in [0.1, 0.15) is 17.5 Å². The Balaban J connectivity index is 1.99. The van der Waals surface area contributed by atoms with Crippen molar-refractivity contribution in [3.63, 3.8) is 0 Å². The van der Waals surface area contributed by atoms with Gasteiger partial charge in [-0.05, 0) is 55.8 Å². The molecule has 1 aliphatic heterocycles. The number of thiazole rings is 1. The van der Waals surface area contributed by atoms with Crippen LogP contribution in [0.15, 0.2) is 57.5 Å². The van der Waals surface area contributed by atoms with E-state index < -0.39 is 12.0 Å². The average Bonchev–Trinajstić information content (AvgIpc) is 3.21. The van der Waals surface area contributed by atoms with Gasteiger partial charge in [-0.25, -0.2) is 9.79 Å². The van der Waals surface area contributed by atoms with Crippen molar-refractivity contribution >= 4 is 23.4 Å². The lowest BCUT2D eigenvalue weighted by Crippen LogP contribution is -2.40. The molecule has 0 fully saturated rings. The summed E-state index contributed by atoms with van der Waals surface area (Å²) in [7, 11) is 6.20. The molecule has 0 unspecified atom stereocenters. The number of fused-ring (bicyclic) bond motifs is 1. The highest BCUT2D eigenvalue weighted by molar-refractivity contribution is 7.07. The van der Waals surface area contributed by atoms with E-state index in [9.17, 15) is 9.59 Å². The third kappa shape index (κ3) is 4.84. The fraction of sp³-hybridized carbons (Fsp3) is 0.296. The van der Waals surface area contributed by atoms with E-state index in [2.05, 4.69) is 4.99 Å². The second-order valence-electron chi connectivity index (χ2n) is 8.02. The zero-order valence-corrected chi connectivity index (χ0v) is 22.3. The number of hydrogen-bond acceptors (Lipinski definition) is 9. The standard InChI is InChI=1S/C27H28N2O7S/c1-7-36-26(31)23-15(2)28-27-29(24(23)18-14-17(32-3)9-11-19(18)33-4)25(30)22(37-27)13-16-8-10-20(34-5)21(12-16)35-6/h8-14,24H,7H2,1-6H3/b22-13-/t24-/m0/s1. The van der Waals surface area contributed by atoms with Crippen molar-refractivity contribution in [3.8, 4) is 23.0 Å². The molecule has 4 rings (SSSR count). The normalized spacial score (nSPS) is 15.1. The maximum Gasteiger partial charge on any atom is 0.338 e. The minimum atomic E-state index is -0.826. The molecule has 2 aromatic carbocycles. The van der Waals surface area contributed by atoms with Crippen LogP contribution in [0.1, 0.15) is 31.0 Å². The topological polar surface area (TPSA) is 97.6 Å². The van der Waals surface area contributed by atoms with E-state index >= 15 is 0 Å². The Morgan fingerprint density at radius 2 is 1.70 bits per heavy atom. The largest absolute Gasteiger partial charge is 0.497 e. The van der Waals surface area contributed by atoms with Gasteiger partial charge in [-0.15, -0.1) is 0 Å². The summed E-state index contributed by atoms with van der Waals surface area (Å²) in [5.41, 5.74) is 1.76. The van der Waals surface area contributed by atoms with E-state index in [1.54, 1.807) is 71.6 Å². The third-order valence-electron chi connectivity index (χ3n) is 5.95. The van der Waals surface area contributed by atoms with Crippen LogP contribution in [0.4, 0.5) is 0 Å². The lowest BCUT2D eigenvalue weighted by atomic mass is 9.94. The molecule has 3 aromatic rings. The van der Waals surface area contributed by atoms with Crippen LogP contribution >= 0.6 is 11.3 Å². The molecule has 1 atom stereocenters. The molecule has 0 amide bonds. The number of aromatic nitrogens is 1. The van der Waals surface area contributed by atoms with E-state index in [1.165, 1.54) is 23.0 Å². The van der Waals surface area contributed by atoms with Crippen LogP contribution in [0.3, 0.4) is 0 Å². The van der Waals surface area contributed by atoms with Crippen molar-refractivity contribution in [1.29, 1.82) is 0 Å². The fourth-order valence-electron chi connectivity index (χ4n) is 4.23. The van der Waals surface area contributed by atoms with Crippen LogP contribution in [-0.4, -0.2) is 45.6 Å². The number of methoxy groups -OCH3 is 4. The quantitative estimate of drug-likeness (QED) is 0.418. The Labute approximate surface area is 217 Å². The monoisotopic (exact) mass is 524 g/mol. The van der Waals surface area contributed by atoms with Gasteiger partial charge in [0.2, 0.25) is 0 Å². The van der Waals surface area contributed by atoms with Crippen LogP contribution in [-0.2, 0) is 9.53 Å². The number of esters is 1. The maximum atomic E-state index is 13.8. The van der Waals surface area contributed by atoms with Crippen molar-refractivity contribution in [2.24, 2.45) is 4.99 Å². The number of carbonyl (C=O) groups excluding carboxylic acids is 1. The summed E-state index contributed by atoms with van der Waals surface area (Å²) in [5.74, 6) is 1.63. The SMILES string of the molecule is CCOC(=O)C1=C(C)N=c2s/c(=C\c3ccc(OC)c(OC)c3)c(=O)n2[C@H]1c1cc(OC)ccc1OC. The zero-order valence-electron chi connectivity index (χ0n) is 21.5. The molecule has 37 heavy (non-hydrogen) atoms. The van der Waals surface area contributed by atoms with Crippen molar-refractivity contribution in [2.45, 2.75) is 19.9 Å². The van der Waals surface area contributed by atoms with Gasteiger partial charge in [0.15, 0.2) is 16.3 Å². The van der Waals surface area contributed by atoms with Gasteiger partial charge >= 0.3 is 5.97 Å². The van der Waals surface area contributed by atoms with Crippen LogP contribution in [0.2, 0.25) is 0 Å². The Morgan fingerprint density at radius 1 is 1.00 bits per heavy atom. The fourth-order valence-corrected chi connectivity index (χ4v) is 5.28. The van der Waals surface area contributed by atoms with Crippen molar-refractivity contribution in [1.82, 2.24) is 4.57 Å². The van der Waals surface area contributed by atoms with Crippen LogP contribution in [0.5, 0.6) is 23.0 Å². The molecule has 0 radical (unpaired) electrons. The lowest BCUT2D eigenvalue weighted by Gasteiger charge is -2.26. The lowest BCUT2D eigenvalue weighted by molar-refractivity contribution is -0.139. The van der Waals surface area contributed by atoms with E-state index in [0.717, 1.165) is 5.56 Å². The van der Waals surface area contributed by atoms with E-state index in [4.69, 9.17) is 23.7 Å². The highest BCUT2D eigenvalue weighted by Crippen LogP contribution is 2.38. The number of benzene rings is 2. The van der Waals surface area contributed by atoms with Gasteiger partial charge in [0.25, 0.3) is 5.56 Å². The molecular formula is C27H28N2O7S. The average molecular weight is 525 g/mol. The number of allylic oxidation sites excluding steroid dienone is 1. The first-order valence-corrected chi connectivity index (χ1v) is 12.3. The zero-order chi connectivity index (χ0) is 26.7. The van der Waals surface area contributed by atoms with Gasteiger partial charge in [-0.1, -0.05) is 17.4 Å². The smallest absolute Gasteiger partial charge is 0.338 e. The molecule has 10 heteroatoms. The number of rotatable bonds is 8. The summed E-state index contributed by atoms with van der Waals surface area (Å²) in [6, 6.07) is 9.82. The minimum absolute atomic E-state index is 0.182. The van der Waals surface area contributed by atoms with Gasteiger partial charge in [0.05, 0.1) is 50.8 Å². The van der Waals surface area contributed by atoms with Crippen molar-refractivity contribution in [2.75, 3.05) is 35.0 Å². The molecule has 0 bridgehead atoms. The highest BCUT2D eigenvalue weighted by Gasteiger charge is 2.35. The summed E-state index contributed by atoms with van der Waals surface area (Å²) in [5, 5.41) is 0. The van der Waals surface area contributed by atoms with Crippen molar-refractivity contribution in [3.05, 3.63) is 78.5 Å². The summed E-state index contributed by atoms with van der Waals surface area (Å²) in [6.07, 6.45) is 1.76. The molecule has 0 saturated heterocycles. The molecule has 0 N–H and O–H groups in total. The Morgan fingerprint density at radius 3 is 2.35 bits per heavy atom. The molecular weight excluding hydrogens is 496 g/mol. The summed E-state index contributed by atoms with van der Waals surface area (Å²) in [6.45, 7) is 3.64. The van der Waals surface area contributed by atoms with Gasteiger partial charge in [-0.2, -0.15) is 0 Å². The molecule has 9 nitrogen and oxygen atoms in total. The number of carbonyl (C=O) groups is 1. The van der Waals surface area contributed by atoms with Crippen LogP contribution in [0.25, 0.3) is 6.08 Å². The molecule has 2 heterocycles. The predicted octanol–water partition coefficient (Wildman–Crippen LogP) is 2.83. The second-order valence-corrected chi connectivity index (χ2v) is 9.03. The first kappa shape index (κ1) is 26.0. The van der Waals surface area contributed by atoms with E-state index in [0.29, 0.717) is 43.6 Å². The third-order valence-corrected chi connectivity index (χ3v) is 6.94. The number of hydrogen-bond donors (Lipinski definition) is 0. The van der Waals surface area contributed by atoms with Crippen LogP contribution < -0.4 is 33.8 Å². The van der Waals surface area contributed by atoms with Gasteiger partial charge < -0.3 is 23.7 Å². The summed E-state index contributed by atoms with van der Waals surface area (Å²) >= 11 is 1.23. The van der Waals surface area contributed by atoms with Crippen molar-refractivity contribution < 1.29 is 28.5 Å². The summed E-state index contributed by atoms with van der Waals surface area (Å²) < 4.78 is 29.1. The highest BCUT2D eigenvalue weighted by atomic mass is 32.1. The molecule has 194 valence electrons. The Bertz CT molecular complexity index is 1550. The predicted molar refractivity (Wildman–Crippen MR) is 139 cm³/mol. The van der Waals surface area contributed by atoms with Crippen LogP contribution in [0, 0.1) is 0 Å².